The van der Waals surface area contributed by atoms with Crippen molar-refractivity contribution < 1.29 is 0 Å². The summed E-state index contributed by atoms with van der Waals surface area (Å²) < 4.78 is 1.52. The van der Waals surface area contributed by atoms with Crippen molar-refractivity contribution in [3.05, 3.63) is 64.8 Å². The molecule has 5 rings (SSSR count). The van der Waals surface area contributed by atoms with Gasteiger partial charge in [0, 0.05) is 43.6 Å². The second-order valence-electron chi connectivity index (χ2n) is 7.98. The molecule has 0 unspecified atom stereocenters. The monoisotopic (exact) mass is 480 g/mol. The van der Waals surface area contributed by atoms with Gasteiger partial charge in [-0.05, 0) is 53.4 Å². The summed E-state index contributed by atoms with van der Waals surface area (Å²) in [7, 11) is 2.16. The summed E-state index contributed by atoms with van der Waals surface area (Å²) in [4.78, 5) is 9.15. The third-order valence-corrected chi connectivity index (χ3v) is 6.67. The summed E-state index contributed by atoms with van der Waals surface area (Å²) in [6.07, 6.45) is 1.75. The van der Waals surface area contributed by atoms with Crippen molar-refractivity contribution in [2.75, 3.05) is 43.9 Å². The number of halogens is 2. The molecule has 1 aliphatic heterocycles. The van der Waals surface area contributed by atoms with Gasteiger partial charge in [0.2, 0.25) is 0 Å². The van der Waals surface area contributed by atoms with Crippen LogP contribution in [0.5, 0.6) is 0 Å². The highest BCUT2D eigenvalue weighted by Crippen LogP contribution is 2.33. The van der Waals surface area contributed by atoms with E-state index in [2.05, 4.69) is 61.6 Å². The van der Waals surface area contributed by atoms with Gasteiger partial charge in [-0.2, -0.15) is 4.68 Å². The van der Waals surface area contributed by atoms with Crippen LogP contribution < -0.4 is 10.6 Å². The van der Waals surface area contributed by atoms with E-state index >= 15 is 0 Å². The minimum absolute atomic E-state index is 0.321. The average molecular weight is 481 g/mol. The molecule has 0 amide bonds. The minimum atomic E-state index is 0.321. The Labute approximate surface area is 201 Å². The molecule has 168 valence electrons. The molecule has 2 N–H and O–H groups in total. The molecule has 10 heteroatoms. The van der Waals surface area contributed by atoms with Crippen molar-refractivity contribution >= 4 is 34.7 Å². The highest BCUT2D eigenvalue weighted by molar-refractivity contribution is 6.43. The number of likely N-dealkylation sites (N-methyl/N-ethyl adjacent to an activating group) is 1. The van der Waals surface area contributed by atoms with Gasteiger partial charge >= 0.3 is 0 Å². The number of piperazine rings is 1. The molecule has 8 nitrogen and oxygen atoms in total. The summed E-state index contributed by atoms with van der Waals surface area (Å²) in [6.45, 7) is 4.19. The summed E-state index contributed by atoms with van der Waals surface area (Å²) in [5, 5.41) is 12.9. The zero-order chi connectivity index (χ0) is 22.9. The van der Waals surface area contributed by atoms with Crippen LogP contribution in [0.4, 0.5) is 11.5 Å². The smallest absolute Gasteiger partial charge is 0.190 e. The maximum absolute atomic E-state index is 6.40. The highest BCUT2D eigenvalue weighted by Gasteiger charge is 2.19. The van der Waals surface area contributed by atoms with Crippen LogP contribution in [0.1, 0.15) is 0 Å². The topological polar surface area (TPSA) is 89.0 Å². The first kappa shape index (κ1) is 21.6. The number of rotatable bonds is 4. The first-order valence-corrected chi connectivity index (χ1v) is 11.3. The molecule has 1 saturated heterocycles. The molecule has 3 heterocycles. The van der Waals surface area contributed by atoms with Crippen molar-refractivity contribution in [1.82, 2.24) is 30.1 Å². The lowest BCUT2D eigenvalue weighted by molar-refractivity contribution is 0.313. The van der Waals surface area contributed by atoms with Gasteiger partial charge < -0.3 is 15.5 Å². The van der Waals surface area contributed by atoms with E-state index < -0.39 is 0 Å². The maximum atomic E-state index is 6.40. The van der Waals surface area contributed by atoms with Crippen LogP contribution in [0.2, 0.25) is 10.0 Å². The molecule has 0 saturated carbocycles. The molecule has 33 heavy (non-hydrogen) atoms. The van der Waals surface area contributed by atoms with Gasteiger partial charge in [0.05, 0.1) is 21.3 Å². The van der Waals surface area contributed by atoms with Gasteiger partial charge in [-0.15, -0.1) is 5.10 Å². The predicted octanol–water partition coefficient (Wildman–Crippen LogP) is 4.03. The molecule has 0 atom stereocenters. The Morgan fingerprint density at radius 2 is 1.70 bits per heavy atom. The summed E-state index contributed by atoms with van der Waals surface area (Å²) in [5.41, 5.74) is 10.5. The number of pyridine rings is 1. The molecule has 2 aromatic heterocycles. The first-order chi connectivity index (χ1) is 16.0. The molecular formula is C23H22Cl2N8. The predicted molar refractivity (Wildman–Crippen MR) is 132 cm³/mol. The average Bonchev–Trinajstić information content (AvgIpc) is 3.31. The largest absolute Gasteiger partial charge is 0.383 e. The zero-order valence-corrected chi connectivity index (χ0v) is 19.5. The van der Waals surface area contributed by atoms with E-state index in [9.17, 15) is 0 Å². The number of nitrogens with two attached hydrogens (primary N) is 1. The van der Waals surface area contributed by atoms with Crippen molar-refractivity contribution in [2.45, 2.75) is 0 Å². The SMILES string of the molecule is CN1CCN(c2ccc(-c3cnc(N)c(-c4nnnn4-c4cccc(Cl)c4Cl)c3)cc2)CC1. The van der Waals surface area contributed by atoms with Crippen LogP contribution in [0.25, 0.3) is 28.2 Å². The lowest BCUT2D eigenvalue weighted by Gasteiger charge is -2.34. The Morgan fingerprint density at radius 3 is 2.45 bits per heavy atom. The molecule has 4 aromatic rings. The number of anilines is 2. The maximum Gasteiger partial charge on any atom is 0.190 e. The van der Waals surface area contributed by atoms with Crippen molar-refractivity contribution in [1.29, 1.82) is 0 Å². The lowest BCUT2D eigenvalue weighted by Crippen LogP contribution is -2.44. The second-order valence-corrected chi connectivity index (χ2v) is 8.77. The molecule has 1 fully saturated rings. The van der Waals surface area contributed by atoms with Crippen molar-refractivity contribution in [2.24, 2.45) is 0 Å². The van der Waals surface area contributed by atoms with E-state index in [4.69, 9.17) is 28.9 Å². The van der Waals surface area contributed by atoms with E-state index in [1.165, 1.54) is 10.4 Å². The zero-order valence-electron chi connectivity index (χ0n) is 18.0. The van der Waals surface area contributed by atoms with Gasteiger partial charge in [-0.3, -0.25) is 0 Å². The van der Waals surface area contributed by atoms with Gasteiger partial charge in [-0.25, -0.2) is 4.98 Å². The van der Waals surface area contributed by atoms with Crippen LogP contribution >= 0.6 is 23.2 Å². The van der Waals surface area contributed by atoms with Crippen LogP contribution in [-0.2, 0) is 0 Å². The van der Waals surface area contributed by atoms with Crippen molar-refractivity contribution in [3.8, 4) is 28.2 Å². The van der Waals surface area contributed by atoms with Gasteiger partial charge in [0.15, 0.2) is 5.82 Å². The highest BCUT2D eigenvalue weighted by atomic mass is 35.5. The van der Waals surface area contributed by atoms with Crippen LogP contribution in [-0.4, -0.2) is 63.3 Å². The number of benzene rings is 2. The van der Waals surface area contributed by atoms with E-state index in [1.807, 2.05) is 6.07 Å². The second kappa shape index (κ2) is 8.97. The summed E-state index contributed by atoms with van der Waals surface area (Å²) >= 11 is 12.6. The van der Waals surface area contributed by atoms with E-state index in [0.29, 0.717) is 32.9 Å². The summed E-state index contributed by atoms with van der Waals surface area (Å²) in [5.74, 6) is 0.752. The number of aromatic nitrogens is 5. The molecule has 0 radical (unpaired) electrons. The fourth-order valence-electron chi connectivity index (χ4n) is 3.91. The number of hydrogen-bond acceptors (Lipinski definition) is 7. The molecular weight excluding hydrogens is 459 g/mol. The quantitative estimate of drug-likeness (QED) is 0.471. The third kappa shape index (κ3) is 4.25. The molecule has 0 bridgehead atoms. The van der Waals surface area contributed by atoms with Crippen molar-refractivity contribution in [3.63, 3.8) is 0 Å². The van der Waals surface area contributed by atoms with Crippen LogP contribution in [0, 0.1) is 0 Å². The van der Waals surface area contributed by atoms with Gasteiger partial charge in [-0.1, -0.05) is 41.4 Å². The minimum Gasteiger partial charge on any atom is -0.383 e. The molecule has 0 spiro atoms. The third-order valence-electron chi connectivity index (χ3n) is 5.86. The standard InChI is InChI=1S/C23H22Cl2N8/c1-31-9-11-32(12-10-31)17-7-5-15(6-8-17)16-13-18(22(26)27-14-16)23-28-29-30-33(23)20-4-2-3-19(24)21(20)25/h2-8,13-14H,9-12H2,1H3,(H2,26,27). The van der Waals surface area contributed by atoms with E-state index in [1.54, 1.807) is 24.4 Å². The number of nitrogens with zero attached hydrogens (tertiary/aromatic N) is 7. The Morgan fingerprint density at radius 1 is 0.939 bits per heavy atom. The molecule has 0 aliphatic carbocycles. The number of hydrogen-bond donors (Lipinski definition) is 1. The Balaban J connectivity index is 1.48. The number of tetrazole rings is 1. The van der Waals surface area contributed by atoms with Gasteiger partial charge in [0.1, 0.15) is 5.82 Å². The molecule has 2 aromatic carbocycles. The van der Waals surface area contributed by atoms with E-state index in [-0.39, 0.29) is 0 Å². The summed E-state index contributed by atoms with van der Waals surface area (Å²) in [6, 6.07) is 15.7. The first-order valence-electron chi connectivity index (χ1n) is 10.5. The Kier molecular flexibility index (Phi) is 5.88. The Hall–Kier alpha value is -3.20. The Bertz CT molecular complexity index is 1280. The fourth-order valence-corrected chi connectivity index (χ4v) is 4.29. The fraction of sp³-hybridized carbons (Fsp3) is 0.217. The number of nitrogen functional groups attached to an aromatic ring is 1. The normalized spacial score (nSPS) is 14.6. The molecule has 1 aliphatic rings. The van der Waals surface area contributed by atoms with Gasteiger partial charge in [0.25, 0.3) is 0 Å². The lowest BCUT2D eigenvalue weighted by atomic mass is 10.0. The van der Waals surface area contributed by atoms with E-state index in [0.717, 1.165) is 37.3 Å². The van der Waals surface area contributed by atoms with Crippen LogP contribution in [0.15, 0.2) is 54.7 Å². The van der Waals surface area contributed by atoms with Crippen LogP contribution in [0.3, 0.4) is 0 Å².